The molecule has 0 aliphatic carbocycles. The van der Waals surface area contributed by atoms with Crippen LogP contribution in [0.1, 0.15) is 38.1 Å². The molecule has 176 valence electrons. The number of carboxylic acids is 1. The van der Waals surface area contributed by atoms with Crippen molar-refractivity contribution in [2.45, 2.75) is 39.4 Å². The maximum absolute atomic E-state index is 15.4. The molecule has 4 aromatic rings. The number of fused-ring (bicyclic) bond motifs is 1. The molecule has 0 bridgehead atoms. The number of halogens is 1. The van der Waals surface area contributed by atoms with Gasteiger partial charge in [-0.15, -0.1) is 0 Å². The first-order chi connectivity index (χ1) is 16.1. The predicted molar refractivity (Wildman–Crippen MR) is 126 cm³/mol. The second-order valence-electron chi connectivity index (χ2n) is 8.92. The molecule has 0 aliphatic rings. The van der Waals surface area contributed by atoms with Crippen LogP contribution in [0.3, 0.4) is 0 Å². The summed E-state index contributed by atoms with van der Waals surface area (Å²) in [6, 6.07) is 15.7. The predicted octanol–water partition coefficient (Wildman–Crippen LogP) is 5.46. The minimum Gasteiger partial charge on any atom is -0.497 e. The van der Waals surface area contributed by atoms with E-state index in [4.69, 9.17) is 14.6 Å². The lowest BCUT2D eigenvalue weighted by Gasteiger charge is -2.27. The largest absolute Gasteiger partial charge is 0.497 e. The molecule has 0 spiro atoms. The fourth-order valence-corrected chi connectivity index (χ4v) is 3.86. The van der Waals surface area contributed by atoms with Crippen molar-refractivity contribution in [2.24, 2.45) is 0 Å². The average Bonchev–Trinajstić information content (AvgIpc) is 3.20. The molecule has 2 aromatic carbocycles. The number of ether oxygens (including phenoxy) is 2. The van der Waals surface area contributed by atoms with Gasteiger partial charge in [-0.1, -0.05) is 30.3 Å². The van der Waals surface area contributed by atoms with Crippen LogP contribution in [0.4, 0.5) is 4.39 Å². The van der Waals surface area contributed by atoms with Gasteiger partial charge in [0.2, 0.25) is 0 Å². The van der Waals surface area contributed by atoms with Gasteiger partial charge in [0, 0.05) is 34.5 Å². The van der Waals surface area contributed by atoms with Crippen molar-refractivity contribution >= 4 is 11.6 Å². The third-order valence-corrected chi connectivity index (χ3v) is 5.29. The van der Waals surface area contributed by atoms with Crippen molar-refractivity contribution in [3.63, 3.8) is 0 Å². The summed E-state index contributed by atoms with van der Waals surface area (Å²) in [7, 11) is 1.45. The number of hydrogen-bond donors (Lipinski definition) is 1. The lowest BCUT2D eigenvalue weighted by Crippen LogP contribution is -2.29. The number of benzene rings is 2. The van der Waals surface area contributed by atoms with E-state index in [1.807, 2.05) is 30.3 Å². The molecular formula is C26H26FN3O4. The molecule has 7 nitrogen and oxygen atoms in total. The monoisotopic (exact) mass is 463 g/mol. The minimum atomic E-state index is -1.39. The van der Waals surface area contributed by atoms with E-state index in [1.54, 1.807) is 45.9 Å². The Labute approximate surface area is 196 Å². The summed E-state index contributed by atoms with van der Waals surface area (Å²) in [5, 5.41) is 14.8. The summed E-state index contributed by atoms with van der Waals surface area (Å²) >= 11 is 0. The highest BCUT2D eigenvalue weighted by molar-refractivity contribution is 5.81. The fourth-order valence-electron chi connectivity index (χ4n) is 3.86. The van der Waals surface area contributed by atoms with Crippen LogP contribution in [0.25, 0.3) is 28.2 Å². The number of nitrogens with zero attached hydrogens (tertiary/aromatic N) is 3. The molecule has 1 atom stereocenters. The first-order valence-electron chi connectivity index (χ1n) is 10.8. The number of rotatable bonds is 6. The van der Waals surface area contributed by atoms with Crippen LogP contribution < -0.4 is 4.74 Å². The van der Waals surface area contributed by atoms with E-state index in [0.717, 1.165) is 5.56 Å². The van der Waals surface area contributed by atoms with Crippen LogP contribution in [0.15, 0.2) is 54.6 Å². The minimum absolute atomic E-state index is 0.165. The zero-order valence-electron chi connectivity index (χ0n) is 19.7. The van der Waals surface area contributed by atoms with Crippen LogP contribution in [-0.4, -0.2) is 38.4 Å². The summed E-state index contributed by atoms with van der Waals surface area (Å²) in [5.74, 6) is -1.44. The maximum atomic E-state index is 15.4. The number of aliphatic carboxylic acids is 1. The number of carbonyl (C=O) groups is 1. The number of hydrogen-bond acceptors (Lipinski definition) is 5. The summed E-state index contributed by atoms with van der Waals surface area (Å²) in [5.41, 5.74) is 2.25. The Bertz CT molecular complexity index is 1360. The Morgan fingerprint density at radius 3 is 2.41 bits per heavy atom. The van der Waals surface area contributed by atoms with Gasteiger partial charge >= 0.3 is 5.97 Å². The molecule has 0 amide bonds. The Balaban J connectivity index is 2.07. The Morgan fingerprint density at radius 1 is 1.12 bits per heavy atom. The Morgan fingerprint density at radius 2 is 1.82 bits per heavy atom. The first-order valence-corrected chi connectivity index (χ1v) is 10.8. The third-order valence-electron chi connectivity index (χ3n) is 5.29. The number of carboxylic acid groups (broad SMARTS) is 1. The normalized spacial score (nSPS) is 12.6. The van der Waals surface area contributed by atoms with Crippen molar-refractivity contribution in [3.8, 4) is 28.3 Å². The van der Waals surface area contributed by atoms with Crippen molar-refractivity contribution in [3.05, 3.63) is 71.7 Å². The molecule has 34 heavy (non-hydrogen) atoms. The van der Waals surface area contributed by atoms with Crippen molar-refractivity contribution in [2.75, 3.05) is 7.11 Å². The van der Waals surface area contributed by atoms with E-state index in [1.165, 1.54) is 17.7 Å². The zero-order chi connectivity index (χ0) is 24.6. The first kappa shape index (κ1) is 23.4. The molecule has 1 N–H and O–H groups in total. The summed E-state index contributed by atoms with van der Waals surface area (Å²) in [4.78, 5) is 17.0. The molecule has 2 aromatic heterocycles. The van der Waals surface area contributed by atoms with E-state index in [0.29, 0.717) is 22.8 Å². The van der Waals surface area contributed by atoms with Gasteiger partial charge in [0.25, 0.3) is 0 Å². The van der Waals surface area contributed by atoms with Gasteiger partial charge in [0.15, 0.2) is 11.8 Å². The summed E-state index contributed by atoms with van der Waals surface area (Å²) in [6.07, 6.45) is -1.39. The van der Waals surface area contributed by atoms with Gasteiger partial charge in [0.05, 0.1) is 24.1 Å². The van der Waals surface area contributed by atoms with Crippen molar-refractivity contribution in [1.29, 1.82) is 0 Å². The van der Waals surface area contributed by atoms with Crippen LogP contribution in [0.2, 0.25) is 0 Å². The van der Waals surface area contributed by atoms with Crippen molar-refractivity contribution in [1.82, 2.24) is 14.6 Å². The lowest BCUT2D eigenvalue weighted by atomic mass is 9.98. The third kappa shape index (κ3) is 4.49. The second-order valence-corrected chi connectivity index (χ2v) is 8.92. The average molecular weight is 464 g/mol. The molecular weight excluding hydrogens is 437 g/mol. The van der Waals surface area contributed by atoms with Gasteiger partial charge in [-0.05, 0) is 39.8 Å². The number of aryl methyl sites for hydroxylation is 1. The Kier molecular flexibility index (Phi) is 6.10. The molecule has 0 saturated heterocycles. The van der Waals surface area contributed by atoms with Gasteiger partial charge in [0.1, 0.15) is 11.6 Å². The SMILES string of the molecule is COc1ccc(-c2c(C(OC(C)(C)C)C(=O)O)c(C)nc3cc(-c4ccccc4)nn23)c(F)c1. The highest BCUT2D eigenvalue weighted by Gasteiger charge is 2.33. The van der Waals surface area contributed by atoms with Crippen LogP contribution in [0, 0.1) is 12.7 Å². The van der Waals surface area contributed by atoms with Gasteiger partial charge in [-0.3, -0.25) is 0 Å². The van der Waals surface area contributed by atoms with Crippen LogP contribution in [-0.2, 0) is 9.53 Å². The molecule has 0 fully saturated rings. The van der Waals surface area contributed by atoms with Gasteiger partial charge in [-0.25, -0.2) is 18.7 Å². The smallest absolute Gasteiger partial charge is 0.337 e. The van der Waals surface area contributed by atoms with Crippen LogP contribution >= 0.6 is 0 Å². The van der Waals surface area contributed by atoms with E-state index in [2.05, 4.69) is 4.98 Å². The fraction of sp³-hybridized carbons (Fsp3) is 0.269. The number of aromatic nitrogens is 3. The molecule has 2 heterocycles. The van der Waals surface area contributed by atoms with E-state index < -0.39 is 23.5 Å². The molecule has 0 aliphatic heterocycles. The van der Waals surface area contributed by atoms with Crippen molar-refractivity contribution < 1.29 is 23.8 Å². The second kappa shape index (κ2) is 8.87. The van der Waals surface area contributed by atoms with Crippen LogP contribution in [0.5, 0.6) is 5.75 Å². The highest BCUT2D eigenvalue weighted by atomic mass is 19.1. The molecule has 0 saturated carbocycles. The summed E-state index contributed by atoms with van der Waals surface area (Å²) in [6.45, 7) is 6.98. The quantitative estimate of drug-likeness (QED) is 0.409. The standard InChI is InChI=1S/C26H26FN3O4/c1-15-22(24(25(31)32)34-26(2,3)4)23(18-12-11-17(33-5)13-19(18)27)30-21(28-15)14-20(29-30)16-9-7-6-8-10-16/h6-14,24H,1-5H3,(H,31,32). The zero-order valence-corrected chi connectivity index (χ0v) is 19.7. The highest BCUT2D eigenvalue weighted by Crippen LogP contribution is 2.37. The van der Waals surface area contributed by atoms with Gasteiger partial charge in [-0.2, -0.15) is 5.10 Å². The topological polar surface area (TPSA) is 86.0 Å². The lowest BCUT2D eigenvalue weighted by molar-refractivity contribution is -0.160. The molecule has 4 rings (SSSR count). The van der Waals surface area contributed by atoms with E-state index in [-0.39, 0.29) is 16.8 Å². The molecule has 1 unspecified atom stereocenters. The summed E-state index contributed by atoms with van der Waals surface area (Å²) < 4.78 is 27.9. The molecule has 8 heteroatoms. The number of methoxy groups -OCH3 is 1. The van der Waals surface area contributed by atoms with E-state index >= 15 is 4.39 Å². The van der Waals surface area contributed by atoms with Gasteiger partial charge < -0.3 is 14.6 Å². The molecule has 0 radical (unpaired) electrons. The Hall–Kier alpha value is -3.78. The maximum Gasteiger partial charge on any atom is 0.337 e. The van der Waals surface area contributed by atoms with E-state index in [9.17, 15) is 9.90 Å².